The average molecular weight is 419 g/mol. The molecule has 3 aromatic rings. The maximum Gasteiger partial charge on any atom is 0.307 e. The van der Waals surface area contributed by atoms with Crippen molar-refractivity contribution in [2.75, 3.05) is 5.75 Å². The number of benzene rings is 2. The lowest BCUT2D eigenvalue weighted by Gasteiger charge is -2.13. The Labute approximate surface area is 170 Å². The molecule has 146 valence electrons. The standard InChI is InChI=1S/C20H19FN2O3S2/c1-13(19(25)22-12-14-6-8-15(21)9-7-14)26-18(24)10-11-27-20-23-16-4-2-3-5-17(16)28-20/h2-9,13H,10-12H2,1H3,(H,22,25)/t13-/m0/s1. The maximum absolute atomic E-state index is 12.9. The van der Waals surface area contributed by atoms with Crippen LogP contribution in [0.25, 0.3) is 10.2 Å². The second kappa shape index (κ2) is 9.66. The molecule has 0 saturated heterocycles. The highest BCUT2D eigenvalue weighted by Crippen LogP contribution is 2.29. The number of aromatic nitrogens is 1. The summed E-state index contributed by atoms with van der Waals surface area (Å²) in [5.74, 6) is -0.626. The van der Waals surface area contributed by atoms with Gasteiger partial charge >= 0.3 is 5.97 Å². The molecule has 1 amide bonds. The summed E-state index contributed by atoms with van der Waals surface area (Å²) in [5, 5.41) is 2.67. The van der Waals surface area contributed by atoms with E-state index in [0.29, 0.717) is 5.75 Å². The Morgan fingerprint density at radius 1 is 1.21 bits per heavy atom. The third-order valence-electron chi connectivity index (χ3n) is 3.86. The number of amides is 1. The molecule has 0 saturated carbocycles. The van der Waals surface area contributed by atoms with Crippen LogP contribution < -0.4 is 5.32 Å². The largest absolute Gasteiger partial charge is 0.453 e. The van der Waals surface area contributed by atoms with Gasteiger partial charge in [0, 0.05) is 12.3 Å². The van der Waals surface area contributed by atoms with Gasteiger partial charge in [-0.2, -0.15) is 0 Å². The molecule has 1 heterocycles. The Morgan fingerprint density at radius 2 is 1.96 bits per heavy atom. The first-order valence-electron chi connectivity index (χ1n) is 8.71. The number of ether oxygens (including phenoxy) is 1. The summed E-state index contributed by atoms with van der Waals surface area (Å²) in [5.41, 5.74) is 1.71. The molecule has 3 rings (SSSR count). The summed E-state index contributed by atoms with van der Waals surface area (Å²) in [4.78, 5) is 28.5. The van der Waals surface area contributed by atoms with E-state index < -0.39 is 18.0 Å². The predicted octanol–water partition coefficient (Wildman–Crippen LogP) is 4.17. The molecular formula is C20H19FN2O3S2. The van der Waals surface area contributed by atoms with Gasteiger partial charge in [0.05, 0.1) is 16.6 Å². The molecule has 8 heteroatoms. The van der Waals surface area contributed by atoms with E-state index in [1.165, 1.54) is 30.8 Å². The van der Waals surface area contributed by atoms with E-state index in [0.717, 1.165) is 20.1 Å². The lowest BCUT2D eigenvalue weighted by atomic mass is 10.2. The van der Waals surface area contributed by atoms with Crippen LogP contribution in [-0.4, -0.2) is 28.7 Å². The number of esters is 1. The highest BCUT2D eigenvalue weighted by molar-refractivity contribution is 8.01. The summed E-state index contributed by atoms with van der Waals surface area (Å²) < 4.78 is 20.1. The van der Waals surface area contributed by atoms with Crippen LogP contribution in [0.15, 0.2) is 52.9 Å². The number of nitrogens with one attached hydrogen (secondary N) is 1. The van der Waals surface area contributed by atoms with Gasteiger partial charge in [-0.05, 0) is 36.8 Å². The summed E-state index contributed by atoms with van der Waals surface area (Å²) in [7, 11) is 0. The third-order valence-corrected chi connectivity index (χ3v) is 6.04. The van der Waals surface area contributed by atoms with Gasteiger partial charge in [0.25, 0.3) is 5.91 Å². The lowest BCUT2D eigenvalue weighted by molar-refractivity contribution is -0.154. The van der Waals surface area contributed by atoms with Crippen LogP contribution in [0.2, 0.25) is 0 Å². The number of rotatable bonds is 8. The van der Waals surface area contributed by atoms with E-state index >= 15 is 0 Å². The molecule has 1 aromatic heterocycles. The van der Waals surface area contributed by atoms with Gasteiger partial charge in [0.1, 0.15) is 5.82 Å². The highest BCUT2D eigenvalue weighted by Gasteiger charge is 2.17. The summed E-state index contributed by atoms with van der Waals surface area (Å²) in [6.07, 6.45) is -0.698. The van der Waals surface area contributed by atoms with Gasteiger partial charge in [-0.3, -0.25) is 9.59 Å². The molecule has 0 bridgehead atoms. The van der Waals surface area contributed by atoms with Crippen LogP contribution in [0, 0.1) is 5.82 Å². The number of carbonyl (C=O) groups excluding carboxylic acids is 2. The Hall–Kier alpha value is -2.45. The van der Waals surface area contributed by atoms with E-state index in [2.05, 4.69) is 10.3 Å². The van der Waals surface area contributed by atoms with Gasteiger partial charge in [0.2, 0.25) is 0 Å². The number of halogens is 1. The van der Waals surface area contributed by atoms with Crippen LogP contribution in [-0.2, 0) is 20.9 Å². The number of thiazole rings is 1. The van der Waals surface area contributed by atoms with E-state index in [9.17, 15) is 14.0 Å². The fourth-order valence-electron chi connectivity index (χ4n) is 2.38. The van der Waals surface area contributed by atoms with Crippen LogP contribution in [0.5, 0.6) is 0 Å². The third kappa shape index (κ3) is 5.77. The van der Waals surface area contributed by atoms with Crippen molar-refractivity contribution in [1.29, 1.82) is 0 Å². The Bertz CT molecular complexity index is 926. The predicted molar refractivity (Wildman–Crippen MR) is 109 cm³/mol. The molecule has 0 aliphatic carbocycles. The van der Waals surface area contributed by atoms with Gasteiger partial charge in [0.15, 0.2) is 10.4 Å². The zero-order valence-corrected chi connectivity index (χ0v) is 16.8. The molecule has 0 aliphatic heterocycles. The average Bonchev–Trinajstić information content (AvgIpc) is 3.10. The maximum atomic E-state index is 12.9. The molecule has 5 nitrogen and oxygen atoms in total. The number of nitrogens with zero attached hydrogens (tertiary/aromatic N) is 1. The van der Waals surface area contributed by atoms with Gasteiger partial charge in [-0.15, -0.1) is 11.3 Å². The van der Waals surface area contributed by atoms with Crippen molar-refractivity contribution < 1.29 is 18.7 Å². The number of hydrogen-bond donors (Lipinski definition) is 1. The topological polar surface area (TPSA) is 68.3 Å². The number of fused-ring (bicyclic) bond motifs is 1. The molecule has 28 heavy (non-hydrogen) atoms. The second-order valence-electron chi connectivity index (χ2n) is 6.02. The minimum atomic E-state index is -0.889. The molecular weight excluding hydrogens is 399 g/mol. The second-order valence-corrected chi connectivity index (χ2v) is 8.40. The van der Waals surface area contributed by atoms with Crippen LogP contribution in [0.1, 0.15) is 18.9 Å². The van der Waals surface area contributed by atoms with E-state index in [1.807, 2.05) is 24.3 Å². The molecule has 2 aromatic carbocycles. The molecule has 0 radical (unpaired) electrons. The highest BCUT2D eigenvalue weighted by atomic mass is 32.2. The summed E-state index contributed by atoms with van der Waals surface area (Å²) in [6.45, 7) is 1.77. The first-order chi connectivity index (χ1) is 13.5. The molecule has 0 fully saturated rings. The number of hydrogen-bond acceptors (Lipinski definition) is 6. The van der Waals surface area contributed by atoms with Crippen molar-refractivity contribution >= 4 is 45.2 Å². The van der Waals surface area contributed by atoms with Crippen molar-refractivity contribution in [3.05, 3.63) is 59.9 Å². The van der Waals surface area contributed by atoms with Crippen molar-refractivity contribution in [2.45, 2.75) is 30.3 Å². The molecule has 1 N–H and O–H groups in total. The molecule has 1 atom stereocenters. The molecule has 0 aliphatic rings. The lowest BCUT2D eigenvalue weighted by Crippen LogP contribution is -2.35. The smallest absolute Gasteiger partial charge is 0.307 e. The Kier molecular flexibility index (Phi) is 7.00. The van der Waals surface area contributed by atoms with Crippen molar-refractivity contribution in [1.82, 2.24) is 10.3 Å². The molecule has 0 unspecified atom stereocenters. The van der Waals surface area contributed by atoms with Crippen LogP contribution in [0.4, 0.5) is 4.39 Å². The normalized spacial score (nSPS) is 11.9. The fraction of sp³-hybridized carbons (Fsp3) is 0.250. The summed E-state index contributed by atoms with van der Waals surface area (Å²) in [6, 6.07) is 13.7. The van der Waals surface area contributed by atoms with E-state index in [-0.39, 0.29) is 18.8 Å². The first-order valence-corrected chi connectivity index (χ1v) is 10.5. The quantitative estimate of drug-likeness (QED) is 0.439. The minimum absolute atomic E-state index is 0.191. The first kappa shape index (κ1) is 20.3. The summed E-state index contributed by atoms with van der Waals surface area (Å²) >= 11 is 3.08. The van der Waals surface area contributed by atoms with Gasteiger partial charge in [-0.25, -0.2) is 9.37 Å². The Balaban J connectivity index is 1.38. The van der Waals surface area contributed by atoms with Gasteiger partial charge < -0.3 is 10.1 Å². The number of carbonyl (C=O) groups is 2. The van der Waals surface area contributed by atoms with Gasteiger partial charge in [-0.1, -0.05) is 36.0 Å². The SMILES string of the molecule is C[C@H](OC(=O)CCSc1nc2ccccc2s1)C(=O)NCc1ccc(F)cc1. The zero-order chi connectivity index (χ0) is 19.9. The minimum Gasteiger partial charge on any atom is -0.453 e. The van der Waals surface area contributed by atoms with Crippen LogP contribution >= 0.6 is 23.1 Å². The van der Waals surface area contributed by atoms with E-state index in [1.54, 1.807) is 23.5 Å². The Morgan fingerprint density at radius 3 is 2.71 bits per heavy atom. The number of para-hydroxylation sites is 1. The van der Waals surface area contributed by atoms with Crippen molar-refractivity contribution in [2.24, 2.45) is 0 Å². The monoisotopic (exact) mass is 418 g/mol. The zero-order valence-electron chi connectivity index (χ0n) is 15.2. The van der Waals surface area contributed by atoms with E-state index in [4.69, 9.17) is 4.74 Å². The van der Waals surface area contributed by atoms with Crippen molar-refractivity contribution in [3.63, 3.8) is 0 Å². The number of thioether (sulfide) groups is 1. The molecule has 0 spiro atoms. The van der Waals surface area contributed by atoms with Crippen molar-refractivity contribution in [3.8, 4) is 0 Å². The van der Waals surface area contributed by atoms with Crippen LogP contribution in [0.3, 0.4) is 0 Å². The fourth-order valence-corrected chi connectivity index (χ4v) is 4.44.